The van der Waals surface area contributed by atoms with Gasteiger partial charge in [0.05, 0.1) is 13.2 Å². The Morgan fingerprint density at radius 1 is 1.36 bits per heavy atom. The van der Waals surface area contributed by atoms with Crippen molar-refractivity contribution < 1.29 is 22.6 Å². The number of hydrogen-bond donors (Lipinski definition) is 1. The van der Waals surface area contributed by atoms with Crippen molar-refractivity contribution in [1.82, 2.24) is 0 Å². The lowest BCUT2D eigenvalue weighted by Gasteiger charge is -2.36. The second kappa shape index (κ2) is 4.04. The third kappa shape index (κ3) is 3.11. The predicted octanol–water partition coefficient (Wildman–Crippen LogP) is 1.42. The minimum Gasteiger partial charge on any atom is -0.350 e. The van der Waals surface area contributed by atoms with E-state index in [9.17, 15) is 13.2 Å². The Morgan fingerprint density at radius 3 is 2.29 bits per heavy atom. The highest BCUT2D eigenvalue weighted by molar-refractivity contribution is 4.79. The van der Waals surface area contributed by atoms with Crippen LogP contribution >= 0.6 is 0 Å². The number of rotatable bonds is 2. The second-order valence-electron chi connectivity index (χ2n) is 3.54. The zero-order chi connectivity index (χ0) is 10.8. The van der Waals surface area contributed by atoms with E-state index < -0.39 is 18.0 Å². The van der Waals surface area contributed by atoms with Crippen LogP contribution in [0.25, 0.3) is 0 Å². The van der Waals surface area contributed by atoms with E-state index in [1.54, 1.807) is 0 Å². The summed E-state index contributed by atoms with van der Waals surface area (Å²) in [5.41, 5.74) is 4.98. The zero-order valence-electron chi connectivity index (χ0n) is 7.93. The highest BCUT2D eigenvalue weighted by atomic mass is 19.4. The molecule has 0 aromatic rings. The molecule has 0 aliphatic carbocycles. The molecule has 1 aliphatic rings. The zero-order valence-corrected chi connectivity index (χ0v) is 7.93. The SMILES string of the molecule is CC1(C[C@@H](N)C(F)(F)F)OCCCO1. The van der Waals surface area contributed by atoms with Gasteiger partial charge in [0.2, 0.25) is 0 Å². The lowest BCUT2D eigenvalue weighted by Crippen LogP contribution is -2.48. The van der Waals surface area contributed by atoms with Gasteiger partial charge in [0.25, 0.3) is 0 Å². The third-order valence-electron chi connectivity index (χ3n) is 2.11. The average molecular weight is 213 g/mol. The smallest absolute Gasteiger partial charge is 0.350 e. The summed E-state index contributed by atoms with van der Waals surface area (Å²) in [6, 6.07) is -1.90. The van der Waals surface area contributed by atoms with Gasteiger partial charge in [-0.2, -0.15) is 13.2 Å². The molecule has 0 saturated carbocycles. The third-order valence-corrected chi connectivity index (χ3v) is 2.11. The Morgan fingerprint density at radius 2 is 1.86 bits per heavy atom. The lowest BCUT2D eigenvalue weighted by atomic mass is 10.1. The fourth-order valence-corrected chi connectivity index (χ4v) is 1.31. The van der Waals surface area contributed by atoms with E-state index in [-0.39, 0.29) is 6.42 Å². The predicted molar refractivity (Wildman–Crippen MR) is 43.6 cm³/mol. The van der Waals surface area contributed by atoms with E-state index in [2.05, 4.69) is 0 Å². The monoisotopic (exact) mass is 213 g/mol. The lowest BCUT2D eigenvalue weighted by molar-refractivity contribution is -0.273. The van der Waals surface area contributed by atoms with Crippen molar-refractivity contribution >= 4 is 0 Å². The van der Waals surface area contributed by atoms with E-state index >= 15 is 0 Å². The molecule has 0 amide bonds. The molecule has 0 radical (unpaired) electrons. The molecule has 3 nitrogen and oxygen atoms in total. The maximum atomic E-state index is 12.1. The minimum atomic E-state index is -4.40. The van der Waals surface area contributed by atoms with Crippen molar-refractivity contribution in [3.63, 3.8) is 0 Å². The maximum absolute atomic E-state index is 12.1. The van der Waals surface area contributed by atoms with Crippen molar-refractivity contribution in [2.24, 2.45) is 5.73 Å². The molecule has 1 atom stereocenters. The standard InChI is InChI=1S/C8H14F3NO2/c1-7(13-3-2-4-14-7)5-6(12)8(9,10)11/h6H,2-5,12H2,1H3/t6-/m1/s1. The van der Waals surface area contributed by atoms with Gasteiger partial charge in [-0.15, -0.1) is 0 Å². The first-order valence-corrected chi connectivity index (χ1v) is 4.44. The Balaban J connectivity index is 2.49. The fraction of sp³-hybridized carbons (Fsp3) is 1.00. The van der Waals surface area contributed by atoms with Gasteiger partial charge >= 0.3 is 6.18 Å². The summed E-state index contributed by atoms with van der Waals surface area (Å²) in [6.45, 7) is 2.32. The van der Waals surface area contributed by atoms with Crippen LogP contribution in [0.15, 0.2) is 0 Å². The molecule has 0 aromatic carbocycles. The van der Waals surface area contributed by atoms with Crippen LogP contribution < -0.4 is 5.73 Å². The van der Waals surface area contributed by atoms with Gasteiger partial charge in [-0.25, -0.2) is 0 Å². The number of ether oxygens (including phenoxy) is 2. The molecule has 0 unspecified atom stereocenters. The van der Waals surface area contributed by atoms with Crippen LogP contribution in [0.3, 0.4) is 0 Å². The highest BCUT2D eigenvalue weighted by Gasteiger charge is 2.43. The van der Waals surface area contributed by atoms with Crippen LogP contribution in [-0.2, 0) is 9.47 Å². The Hall–Kier alpha value is -0.330. The summed E-state index contributed by atoms with van der Waals surface area (Å²) in [4.78, 5) is 0. The molecule has 0 spiro atoms. The molecular weight excluding hydrogens is 199 g/mol. The first kappa shape index (κ1) is 11.7. The molecule has 1 aliphatic heterocycles. The molecule has 1 saturated heterocycles. The maximum Gasteiger partial charge on any atom is 0.403 e. The summed E-state index contributed by atoms with van der Waals surface area (Å²) in [7, 11) is 0. The summed E-state index contributed by atoms with van der Waals surface area (Å²) in [6.07, 6.45) is -4.06. The number of nitrogens with two attached hydrogens (primary N) is 1. The van der Waals surface area contributed by atoms with E-state index in [1.165, 1.54) is 6.92 Å². The molecule has 0 aromatic heterocycles. The normalized spacial score (nSPS) is 24.6. The first-order valence-electron chi connectivity index (χ1n) is 4.44. The van der Waals surface area contributed by atoms with Crippen LogP contribution in [0.5, 0.6) is 0 Å². The average Bonchev–Trinajstić information content (AvgIpc) is 2.02. The first-order chi connectivity index (χ1) is 6.33. The summed E-state index contributed by atoms with van der Waals surface area (Å²) in [5, 5.41) is 0. The second-order valence-corrected chi connectivity index (χ2v) is 3.54. The van der Waals surface area contributed by atoms with Gasteiger partial charge in [0.1, 0.15) is 6.04 Å². The number of halogens is 3. The van der Waals surface area contributed by atoms with Crippen LogP contribution in [0.4, 0.5) is 13.2 Å². The van der Waals surface area contributed by atoms with Gasteiger partial charge in [-0.05, 0) is 13.3 Å². The minimum absolute atomic E-state index is 0.365. The van der Waals surface area contributed by atoms with Crippen molar-refractivity contribution in [2.45, 2.75) is 37.8 Å². The number of alkyl halides is 3. The van der Waals surface area contributed by atoms with Crippen LogP contribution in [0.2, 0.25) is 0 Å². The summed E-state index contributed by atoms with van der Waals surface area (Å²) >= 11 is 0. The molecule has 14 heavy (non-hydrogen) atoms. The molecule has 1 fully saturated rings. The molecular formula is C8H14F3NO2. The van der Waals surface area contributed by atoms with Gasteiger partial charge in [0.15, 0.2) is 5.79 Å². The van der Waals surface area contributed by atoms with Crippen LogP contribution in [0, 0.1) is 0 Å². The van der Waals surface area contributed by atoms with E-state index in [4.69, 9.17) is 15.2 Å². The van der Waals surface area contributed by atoms with E-state index in [0.29, 0.717) is 19.6 Å². The fourth-order valence-electron chi connectivity index (χ4n) is 1.31. The Bertz CT molecular complexity index is 190. The van der Waals surface area contributed by atoms with Crippen molar-refractivity contribution in [1.29, 1.82) is 0 Å². The van der Waals surface area contributed by atoms with Gasteiger partial charge < -0.3 is 15.2 Å². The quantitative estimate of drug-likeness (QED) is 0.754. The largest absolute Gasteiger partial charge is 0.403 e. The van der Waals surface area contributed by atoms with Crippen LogP contribution in [0.1, 0.15) is 19.8 Å². The molecule has 84 valence electrons. The van der Waals surface area contributed by atoms with Gasteiger partial charge in [-0.1, -0.05) is 0 Å². The Labute approximate surface area is 80.4 Å². The van der Waals surface area contributed by atoms with Crippen molar-refractivity contribution in [3.8, 4) is 0 Å². The highest BCUT2D eigenvalue weighted by Crippen LogP contribution is 2.29. The summed E-state index contributed by atoms with van der Waals surface area (Å²) < 4.78 is 46.7. The van der Waals surface area contributed by atoms with E-state index in [1.807, 2.05) is 0 Å². The molecule has 0 bridgehead atoms. The van der Waals surface area contributed by atoms with Crippen molar-refractivity contribution in [2.75, 3.05) is 13.2 Å². The molecule has 6 heteroatoms. The van der Waals surface area contributed by atoms with Gasteiger partial charge in [-0.3, -0.25) is 0 Å². The number of hydrogen-bond acceptors (Lipinski definition) is 3. The molecule has 1 heterocycles. The summed E-state index contributed by atoms with van der Waals surface area (Å²) in [5.74, 6) is -1.19. The molecule has 2 N–H and O–H groups in total. The van der Waals surface area contributed by atoms with Gasteiger partial charge in [0, 0.05) is 6.42 Å². The van der Waals surface area contributed by atoms with E-state index in [0.717, 1.165) is 0 Å². The van der Waals surface area contributed by atoms with Crippen LogP contribution in [-0.4, -0.2) is 31.2 Å². The molecule has 1 rings (SSSR count). The topological polar surface area (TPSA) is 44.5 Å². The van der Waals surface area contributed by atoms with Crippen molar-refractivity contribution in [3.05, 3.63) is 0 Å². The Kier molecular flexibility index (Phi) is 3.39.